The predicted molar refractivity (Wildman–Crippen MR) is 71.6 cm³/mol. The fraction of sp³-hybridized carbons (Fsp3) is 0.429. The topological polar surface area (TPSA) is 102 Å². The van der Waals surface area contributed by atoms with Gasteiger partial charge < -0.3 is 24.4 Å². The number of aliphatic hydroxyl groups is 2. The van der Waals surface area contributed by atoms with Crippen LogP contribution in [0, 0.1) is 0 Å². The molecule has 116 valence electrons. The van der Waals surface area contributed by atoms with Gasteiger partial charge in [-0.2, -0.15) is 0 Å². The summed E-state index contributed by atoms with van der Waals surface area (Å²) in [5, 5.41) is 19.6. The van der Waals surface area contributed by atoms with Crippen LogP contribution >= 0.6 is 0 Å². The first-order chi connectivity index (χ1) is 9.97. The zero-order valence-corrected chi connectivity index (χ0v) is 11.8. The van der Waals surface area contributed by atoms with Gasteiger partial charge in [0.15, 0.2) is 6.61 Å². The van der Waals surface area contributed by atoms with E-state index >= 15 is 0 Å². The Morgan fingerprint density at radius 2 is 1.62 bits per heavy atom. The number of carbonyl (C=O) groups is 2. The highest BCUT2D eigenvalue weighted by molar-refractivity contribution is 5.71. The lowest BCUT2D eigenvalue weighted by Crippen LogP contribution is -2.22. The first kappa shape index (κ1) is 16.9. The summed E-state index contributed by atoms with van der Waals surface area (Å²) in [7, 11) is 2.46. The number of aliphatic hydroxyl groups excluding tert-OH is 2. The van der Waals surface area contributed by atoms with Gasteiger partial charge >= 0.3 is 11.9 Å². The minimum atomic E-state index is -1.26. The van der Waals surface area contributed by atoms with Crippen LogP contribution in [0.3, 0.4) is 0 Å². The first-order valence-electron chi connectivity index (χ1n) is 6.20. The van der Waals surface area contributed by atoms with Crippen molar-refractivity contribution in [2.24, 2.45) is 0 Å². The third-order valence-electron chi connectivity index (χ3n) is 2.77. The van der Waals surface area contributed by atoms with Gasteiger partial charge in [-0.05, 0) is 17.7 Å². The fourth-order valence-electron chi connectivity index (χ4n) is 1.55. The molecule has 2 atom stereocenters. The van der Waals surface area contributed by atoms with E-state index in [-0.39, 0.29) is 13.0 Å². The van der Waals surface area contributed by atoms with E-state index in [0.29, 0.717) is 11.3 Å². The van der Waals surface area contributed by atoms with Gasteiger partial charge in [0, 0.05) is 0 Å². The van der Waals surface area contributed by atoms with Crippen LogP contribution in [0.1, 0.15) is 18.1 Å². The summed E-state index contributed by atoms with van der Waals surface area (Å²) < 4.78 is 14.0. The van der Waals surface area contributed by atoms with Crippen molar-refractivity contribution in [1.82, 2.24) is 0 Å². The molecule has 1 rings (SSSR count). The van der Waals surface area contributed by atoms with Crippen LogP contribution in [-0.4, -0.2) is 49.1 Å². The van der Waals surface area contributed by atoms with Crippen molar-refractivity contribution in [3.8, 4) is 5.75 Å². The number of ether oxygens (including phenoxy) is 3. The standard InChI is InChI=1S/C14H18O7/c1-19-12(16)7-11(15)14(18)9-3-5-10(6-4-9)21-8-13(17)20-2/h3-6,11,14-15,18H,7-8H2,1-2H3. The van der Waals surface area contributed by atoms with Gasteiger partial charge in [0.25, 0.3) is 0 Å². The molecule has 0 aliphatic rings. The summed E-state index contributed by atoms with van der Waals surface area (Å²) in [6.07, 6.45) is -2.80. The molecule has 2 N–H and O–H groups in total. The number of benzene rings is 1. The maximum Gasteiger partial charge on any atom is 0.343 e. The van der Waals surface area contributed by atoms with Crippen LogP contribution in [0.2, 0.25) is 0 Å². The Hall–Kier alpha value is -2.12. The van der Waals surface area contributed by atoms with Crippen LogP contribution in [0.4, 0.5) is 0 Å². The molecule has 7 heteroatoms. The largest absolute Gasteiger partial charge is 0.482 e. The highest BCUT2D eigenvalue weighted by Gasteiger charge is 2.21. The molecule has 0 heterocycles. The third kappa shape index (κ3) is 5.41. The second kappa shape index (κ2) is 8.23. The average Bonchev–Trinajstić information content (AvgIpc) is 2.51. The van der Waals surface area contributed by atoms with E-state index in [1.807, 2.05) is 0 Å². The van der Waals surface area contributed by atoms with Crippen molar-refractivity contribution < 1.29 is 34.0 Å². The van der Waals surface area contributed by atoms with Crippen molar-refractivity contribution in [2.45, 2.75) is 18.6 Å². The van der Waals surface area contributed by atoms with Crippen LogP contribution in [0.5, 0.6) is 5.75 Å². The molecule has 0 saturated heterocycles. The molecule has 21 heavy (non-hydrogen) atoms. The lowest BCUT2D eigenvalue weighted by Gasteiger charge is -2.17. The molecule has 0 fully saturated rings. The molecule has 0 spiro atoms. The Labute approximate surface area is 122 Å². The maximum atomic E-state index is 11.0. The van der Waals surface area contributed by atoms with Gasteiger partial charge in [-0.15, -0.1) is 0 Å². The normalized spacial score (nSPS) is 13.1. The Kier molecular flexibility index (Phi) is 6.64. The van der Waals surface area contributed by atoms with Crippen molar-refractivity contribution >= 4 is 11.9 Å². The molecule has 2 unspecified atom stereocenters. The second-order valence-corrected chi connectivity index (χ2v) is 4.23. The van der Waals surface area contributed by atoms with E-state index in [4.69, 9.17) is 4.74 Å². The van der Waals surface area contributed by atoms with Crippen molar-refractivity contribution in [2.75, 3.05) is 20.8 Å². The van der Waals surface area contributed by atoms with Gasteiger partial charge in [0.05, 0.1) is 26.7 Å². The second-order valence-electron chi connectivity index (χ2n) is 4.23. The molecule has 1 aromatic carbocycles. The lowest BCUT2D eigenvalue weighted by molar-refractivity contribution is -0.145. The number of esters is 2. The molecular formula is C14H18O7. The van der Waals surface area contributed by atoms with Gasteiger partial charge in [0.1, 0.15) is 11.9 Å². The van der Waals surface area contributed by atoms with E-state index < -0.39 is 24.1 Å². The van der Waals surface area contributed by atoms with E-state index in [9.17, 15) is 19.8 Å². The predicted octanol–water partition coefficient (Wildman–Crippen LogP) is 0.196. The zero-order valence-electron chi connectivity index (χ0n) is 11.8. The smallest absolute Gasteiger partial charge is 0.343 e. The van der Waals surface area contributed by atoms with E-state index in [1.54, 1.807) is 0 Å². The summed E-state index contributed by atoms with van der Waals surface area (Å²) in [5.41, 5.74) is 0.414. The Morgan fingerprint density at radius 3 is 2.14 bits per heavy atom. The highest BCUT2D eigenvalue weighted by atomic mass is 16.6. The van der Waals surface area contributed by atoms with Crippen molar-refractivity contribution in [3.05, 3.63) is 29.8 Å². The summed E-state index contributed by atoms with van der Waals surface area (Å²) in [5.74, 6) is -0.703. The molecule has 0 radical (unpaired) electrons. The van der Waals surface area contributed by atoms with Gasteiger partial charge in [0.2, 0.25) is 0 Å². The van der Waals surface area contributed by atoms with E-state index in [2.05, 4.69) is 9.47 Å². The van der Waals surface area contributed by atoms with Gasteiger partial charge in [-0.1, -0.05) is 12.1 Å². The molecule has 0 aliphatic carbocycles. The maximum absolute atomic E-state index is 11.0. The summed E-state index contributed by atoms with van der Waals surface area (Å²) in [4.78, 5) is 21.9. The molecule has 0 bridgehead atoms. The fourth-order valence-corrected chi connectivity index (χ4v) is 1.55. The summed E-state index contributed by atoms with van der Waals surface area (Å²) in [6.45, 7) is -0.219. The molecule has 0 aliphatic heterocycles. The van der Waals surface area contributed by atoms with E-state index in [0.717, 1.165) is 0 Å². The minimum Gasteiger partial charge on any atom is -0.482 e. The molecule has 0 saturated carbocycles. The van der Waals surface area contributed by atoms with Gasteiger partial charge in [-0.25, -0.2) is 4.79 Å². The Bertz CT molecular complexity index is 469. The van der Waals surface area contributed by atoms with Gasteiger partial charge in [-0.3, -0.25) is 4.79 Å². The number of rotatable bonds is 7. The summed E-state index contributed by atoms with van der Waals surface area (Å²) >= 11 is 0. The van der Waals surface area contributed by atoms with Crippen LogP contribution in [-0.2, 0) is 19.1 Å². The lowest BCUT2D eigenvalue weighted by atomic mass is 10.0. The average molecular weight is 298 g/mol. The van der Waals surface area contributed by atoms with Crippen molar-refractivity contribution in [1.29, 1.82) is 0 Å². The molecule has 1 aromatic rings. The number of methoxy groups -OCH3 is 2. The highest BCUT2D eigenvalue weighted by Crippen LogP contribution is 2.22. The quantitative estimate of drug-likeness (QED) is 0.693. The molecule has 7 nitrogen and oxygen atoms in total. The van der Waals surface area contributed by atoms with E-state index in [1.165, 1.54) is 38.5 Å². The first-order valence-corrected chi connectivity index (χ1v) is 6.20. The number of carbonyl (C=O) groups excluding carboxylic acids is 2. The molecule has 0 aromatic heterocycles. The van der Waals surface area contributed by atoms with Crippen LogP contribution in [0.15, 0.2) is 24.3 Å². The van der Waals surface area contributed by atoms with Crippen LogP contribution in [0.25, 0.3) is 0 Å². The Morgan fingerprint density at radius 1 is 1.05 bits per heavy atom. The number of hydrogen-bond acceptors (Lipinski definition) is 7. The zero-order chi connectivity index (χ0) is 15.8. The monoisotopic (exact) mass is 298 g/mol. The third-order valence-corrected chi connectivity index (χ3v) is 2.77. The van der Waals surface area contributed by atoms with Crippen molar-refractivity contribution in [3.63, 3.8) is 0 Å². The SMILES string of the molecule is COC(=O)COc1ccc(C(O)C(O)CC(=O)OC)cc1. The molecule has 0 amide bonds. The summed E-state index contributed by atoms with van der Waals surface area (Å²) in [6, 6.07) is 6.12. The van der Waals surface area contributed by atoms with Crippen LogP contribution < -0.4 is 4.74 Å². The molecular weight excluding hydrogens is 280 g/mol. The Balaban J connectivity index is 2.60. The minimum absolute atomic E-state index is 0.219. The number of hydrogen-bond donors (Lipinski definition) is 2.